The summed E-state index contributed by atoms with van der Waals surface area (Å²) in [6.45, 7) is 0. The summed E-state index contributed by atoms with van der Waals surface area (Å²) in [4.78, 5) is 13.9. The minimum Gasteiger partial charge on any atom is -0.360 e. The fourth-order valence-corrected chi connectivity index (χ4v) is 1.47. The fraction of sp³-hybridized carbons (Fsp3) is 0. The van der Waals surface area contributed by atoms with Crippen LogP contribution in [0.4, 0.5) is 0 Å². The predicted molar refractivity (Wildman–Crippen MR) is 48.2 cm³/mol. The van der Waals surface area contributed by atoms with Crippen molar-refractivity contribution in [3.8, 4) is 11.4 Å². The maximum Gasteiger partial charge on any atom is 0.182 e. The molecule has 0 aliphatic rings. The molecule has 3 nitrogen and oxygen atoms in total. The third-order valence-electron chi connectivity index (χ3n) is 1.49. The molecule has 2 heterocycles. The van der Waals surface area contributed by atoms with E-state index in [0.717, 1.165) is 11.4 Å². The topological polar surface area (TPSA) is 45.8 Å². The molecule has 12 heavy (non-hydrogen) atoms. The molecule has 0 saturated heterocycles. The lowest BCUT2D eigenvalue weighted by Crippen LogP contribution is -1.97. The molecule has 2 rings (SSSR count). The van der Waals surface area contributed by atoms with E-state index in [-0.39, 0.29) is 5.43 Å². The minimum absolute atomic E-state index is 0.00301. The van der Waals surface area contributed by atoms with E-state index in [1.165, 1.54) is 23.7 Å². The number of hydrogen-bond donors (Lipinski definition) is 1. The smallest absolute Gasteiger partial charge is 0.182 e. The standard InChI is InChI=1S/C8H6N2OS/c11-6-1-3-9-8(5-6)7-2-4-12-10-7/h1-5H,(H,9,11). The first-order valence-electron chi connectivity index (χ1n) is 3.46. The third-order valence-corrected chi connectivity index (χ3v) is 2.05. The maximum atomic E-state index is 10.9. The molecule has 0 unspecified atom stereocenters. The van der Waals surface area contributed by atoms with Gasteiger partial charge >= 0.3 is 0 Å². The van der Waals surface area contributed by atoms with Crippen molar-refractivity contribution in [2.75, 3.05) is 0 Å². The molecule has 0 bridgehead atoms. The molecule has 0 aliphatic heterocycles. The van der Waals surface area contributed by atoms with Gasteiger partial charge in [0.1, 0.15) is 5.69 Å². The summed E-state index contributed by atoms with van der Waals surface area (Å²) in [7, 11) is 0. The summed E-state index contributed by atoms with van der Waals surface area (Å²) in [5, 5.41) is 1.88. The first-order chi connectivity index (χ1) is 5.86. The van der Waals surface area contributed by atoms with Crippen LogP contribution in [0.3, 0.4) is 0 Å². The van der Waals surface area contributed by atoms with E-state index < -0.39 is 0 Å². The monoisotopic (exact) mass is 178 g/mol. The van der Waals surface area contributed by atoms with Gasteiger partial charge in [-0.2, -0.15) is 4.37 Å². The molecule has 2 aromatic heterocycles. The molecular weight excluding hydrogens is 172 g/mol. The van der Waals surface area contributed by atoms with Crippen molar-refractivity contribution in [3.05, 3.63) is 40.0 Å². The molecule has 0 spiro atoms. The zero-order chi connectivity index (χ0) is 8.39. The number of aromatic amines is 1. The van der Waals surface area contributed by atoms with Crippen molar-refractivity contribution < 1.29 is 0 Å². The van der Waals surface area contributed by atoms with Crippen molar-refractivity contribution >= 4 is 11.5 Å². The lowest BCUT2D eigenvalue weighted by atomic mass is 10.3. The molecule has 0 aromatic carbocycles. The number of pyridine rings is 1. The van der Waals surface area contributed by atoms with Crippen LogP contribution in [-0.4, -0.2) is 9.36 Å². The average molecular weight is 178 g/mol. The van der Waals surface area contributed by atoms with Gasteiger partial charge < -0.3 is 4.98 Å². The number of nitrogens with zero attached hydrogens (tertiary/aromatic N) is 1. The van der Waals surface area contributed by atoms with Gasteiger partial charge in [-0.25, -0.2) is 0 Å². The first-order valence-corrected chi connectivity index (χ1v) is 4.29. The van der Waals surface area contributed by atoms with Crippen molar-refractivity contribution in [1.29, 1.82) is 0 Å². The van der Waals surface area contributed by atoms with E-state index in [0.29, 0.717) is 0 Å². The average Bonchev–Trinajstić information content (AvgIpc) is 2.56. The Labute approximate surface area is 72.9 Å². The van der Waals surface area contributed by atoms with Crippen molar-refractivity contribution in [3.63, 3.8) is 0 Å². The van der Waals surface area contributed by atoms with Crippen LogP contribution in [0.1, 0.15) is 0 Å². The van der Waals surface area contributed by atoms with E-state index in [9.17, 15) is 4.79 Å². The molecule has 0 radical (unpaired) electrons. The number of aromatic nitrogens is 2. The van der Waals surface area contributed by atoms with Gasteiger partial charge in [-0.05, 0) is 17.6 Å². The van der Waals surface area contributed by atoms with Crippen molar-refractivity contribution in [2.24, 2.45) is 0 Å². The Morgan fingerprint density at radius 1 is 1.42 bits per heavy atom. The zero-order valence-corrected chi connectivity index (χ0v) is 6.97. The minimum atomic E-state index is -0.00301. The maximum absolute atomic E-state index is 10.9. The quantitative estimate of drug-likeness (QED) is 0.719. The normalized spacial score (nSPS) is 10.0. The molecule has 0 saturated carbocycles. The molecule has 60 valence electrons. The second-order valence-electron chi connectivity index (χ2n) is 2.32. The molecule has 0 amide bonds. The summed E-state index contributed by atoms with van der Waals surface area (Å²) in [6.07, 6.45) is 1.62. The van der Waals surface area contributed by atoms with Gasteiger partial charge in [0, 0.05) is 23.7 Å². The third kappa shape index (κ3) is 1.29. The van der Waals surface area contributed by atoms with Crippen LogP contribution in [0.25, 0.3) is 11.4 Å². The number of H-pyrrole nitrogens is 1. The highest BCUT2D eigenvalue weighted by molar-refractivity contribution is 7.03. The Kier molecular flexibility index (Phi) is 1.75. The van der Waals surface area contributed by atoms with Crippen LogP contribution in [0.2, 0.25) is 0 Å². The van der Waals surface area contributed by atoms with Crippen LogP contribution >= 0.6 is 11.5 Å². The van der Waals surface area contributed by atoms with Crippen LogP contribution in [0.15, 0.2) is 34.6 Å². The Balaban J connectivity index is 2.55. The van der Waals surface area contributed by atoms with Gasteiger partial charge in [-0.3, -0.25) is 4.79 Å². The molecule has 0 aliphatic carbocycles. The lowest BCUT2D eigenvalue weighted by molar-refractivity contribution is 1.28. The van der Waals surface area contributed by atoms with Gasteiger partial charge in [0.05, 0.1) is 5.69 Å². The molecule has 0 fully saturated rings. The number of nitrogens with one attached hydrogen (secondary N) is 1. The van der Waals surface area contributed by atoms with Crippen molar-refractivity contribution in [2.45, 2.75) is 0 Å². The van der Waals surface area contributed by atoms with Gasteiger partial charge in [0.25, 0.3) is 0 Å². The van der Waals surface area contributed by atoms with Crippen LogP contribution in [0.5, 0.6) is 0 Å². The number of hydrogen-bond acceptors (Lipinski definition) is 3. The van der Waals surface area contributed by atoms with E-state index in [2.05, 4.69) is 9.36 Å². The molecule has 2 aromatic rings. The van der Waals surface area contributed by atoms with Gasteiger partial charge in [0.2, 0.25) is 0 Å². The van der Waals surface area contributed by atoms with Gasteiger partial charge in [-0.15, -0.1) is 0 Å². The second-order valence-corrected chi connectivity index (χ2v) is 2.99. The van der Waals surface area contributed by atoms with E-state index >= 15 is 0 Å². The van der Waals surface area contributed by atoms with Crippen LogP contribution in [-0.2, 0) is 0 Å². The highest BCUT2D eigenvalue weighted by Crippen LogP contribution is 2.12. The van der Waals surface area contributed by atoms with Crippen molar-refractivity contribution in [1.82, 2.24) is 9.36 Å². The Morgan fingerprint density at radius 2 is 2.33 bits per heavy atom. The molecule has 4 heteroatoms. The number of rotatable bonds is 1. The van der Waals surface area contributed by atoms with E-state index in [1.807, 2.05) is 11.4 Å². The Hall–Kier alpha value is -1.42. The Morgan fingerprint density at radius 3 is 3.00 bits per heavy atom. The second kappa shape index (κ2) is 2.91. The summed E-state index contributed by atoms with van der Waals surface area (Å²) in [5.41, 5.74) is 1.58. The zero-order valence-electron chi connectivity index (χ0n) is 6.15. The van der Waals surface area contributed by atoms with E-state index in [1.54, 1.807) is 6.20 Å². The molecule has 0 atom stereocenters. The Bertz CT molecular complexity index is 419. The fourth-order valence-electron chi connectivity index (χ4n) is 0.945. The van der Waals surface area contributed by atoms with Crippen LogP contribution in [0, 0.1) is 0 Å². The molecule has 1 N–H and O–H groups in total. The van der Waals surface area contributed by atoms with E-state index in [4.69, 9.17) is 0 Å². The highest BCUT2D eigenvalue weighted by Gasteiger charge is 1.98. The van der Waals surface area contributed by atoms with Crippen LogP contribution < -0.4 is 5.43 Å². The predicted octanol–water partition coefficient (Wildman–Crippen LogP) is 1.50. The molecular formula is C8H6N2OS. The highest BCUT2D eigenvalue weighted by atomic mass is 32.1. The first kappa shape index (κ1) is 7.24. The summed E-state index contributed by atoms with van der Waals surface area (Å²) in [6, 6.07) is 4.89. The lowest BCUT2D eigenvalue weighted by Gasteiger charge is -1.93. The SMILES string of the molecule is O=c1cc[nH]c(-c2ccsn2)c1. The summed E-state index contributed by atoms with van der Waals surface area (Å²) < 4.78 is 4.10. The largest absolute Gasteiger partial charge is 0.360 e. The van der Waals surface area contributed by atoms with Gasteiger partial charge in [0.15, 0.2) is 5.43 Å². The summed E-state index contributed by atoms with van der Waals surface area (Å²) >= 11 is 1.37. The van der Waals surface area contributed by atoms with Gasteiger partial charge in [-0.1, -0.05) is 0 Å². The summed E-state index contributed by atoms with van der Waals surface area (Å²) in [5.74, 6) is 0.